The van der Waals surface area contributed by atoms with Crippen LogP contribution in [-0.2, 0) is 12.8 Å². The van der Waals surface area contributed by atoms with E-state index >= 15 is 0 Å². The summed E-state index contributed by atoms with van der Waals surface area (Å²) in [5, 5.41) is 11.9. The van der Waals surface area contributed by atoms with Gasteiger partial charge in [0.25, 0.3) is 0 Å². The van der Waals surface area contributed by atoms with Gasteiger partial charge in [0.05, 0.1) is 11.4 Å². The van der Waals surface area contributed by atoms with Gasteiger partial charge in [0.1, 0.15) is 0 Å². The predicted molar refractivity (Wildman–Crippen MR) is 140 cm³/mol. The number of unbranched alkanes of at least 4 members (excludes halogenated alkanes) is 12. The number of benzene rings is 2. The molecule has 2 aromatic rings. The van der Waals surface area contributed by atoms with Gasteiger partial charge >= 0.3 is 0 Å². The van der Waals surface area contributed by atoms with E-state index in [1.54, 1.807) is 0 Å². The van der Waals surface area contributed by atoms with E-state index in [9.17, 15) is 5.21 Å². The molecule has 0 radical (unpaired) electrons. The molecule has 178 valence electrons. The zero-order valence-electron chi connectivity index (χ0n) is 20.8. The molecule has 32 heavy (non-hydrogen) atoms. The SMILES string of the molecule is CCCCCCCCCc1ccc(N(O)c2ccc(CCCCCCCCC)cc2)cc1. The van der Waals surface area contributed by atoms with Crippen LogP contribution in [0.2, 0.25) is 0 Å². The fourth-order valence-corrected chi connectivity index (χ4v) is 4.33. The molecule has 0 aliphatic heterocycles. The van der Waals surface area contributed by atoms with Crippen molar-refractivity contribution in [3.63, 3.8) is 0 Å². The molecule has 0 amide bonds. The van der Waals surface area contributed by atoms with E-state index in [1.165, 1.54) is 106 Å². The molecule has 2 rings (SSSR count). The van der Waals surface area contributed by atoms with Crippen molar-refractivity contribution in [3.8, 4) is 0 Å². The molecule has 2 heteroatoms. The molecule has 1 N–H and O–H groups in total. The summed E-state index contributed by atoms with van der Waals surface area (Å²) in [6, 6.07) is 16.8. The number of hydrogen-bond acceptors (Lipinski definition) is 2. The second-order valence-corrected chi connectivity index (χ2v) is 9.39. The van der Waals surface area contributed by atoms with Crippen LogP contribution in [0, 0.1) is 0 Å². The predicted octanol–water partition coefficient (Wildman–Crippen LogP) is 9.80. The van der Waals surface area contributed by atoms with Crippen molar-refractivity contribution in [2.75, 3.05) is 5.06 Å². The van der Waals surface area contributed by atoms with Crippen molar-refractivity contribution in [1.29, 1.82) is 0 Å². The summed E-state index contributed by atoms with van der Waals surface area (Å²) in [6.07, 6.45) is 21.1. The minimum absolute atomic E-state index is 0.827. The van der Waals surface area contributed by atoms with Gasteiger partial charge in [-0.2, -0.15) is 0 Å². The van der Waals surface area contributed by atoms with Crippen LogP contribution >= 0.6 is 0 Å². The zero-order valence-corrected chi connectivity index (χ0v) is 20.8. The smallest absolute Gasteiger partial charge is 0.0693 e. The lowest BCUT2D eigenvalue weighted by Gasteiger charge is -2.18. The van der Waals surface area contributed by atoms with Crippen molar-refractivity contribution in [2.45, 2.75) is 117 Å². The van der Waals surface area contributed by atoms with Gasteiger partial charge < -0.3 is 0 Å². The van der Waals surface area contributed by atoms with Crippen LogP contribution in [0.4, 0.5) is 11.4 Å². The molecule has 2 nitrogen and oxygen atoms in total. The van der Waals surface area contributed by atoms with Gasteiger partial charge in [-0.25, -0.2) is 5.06 Å². The Morgan fingerprint density at radius 3 is 1.12 bits per heavy atom. The van der Waals surface area contributed by atoms with E-state index in [0.717, 1.165) is 24.2 Å². The average molecular weight is 438 g/mol. The van der Waals surface area contributed by atoms with Gasteiger partial charge in [-0.3, -0.25) is 5.21 Å². The molecule has 0 saturated heterocycles. The molecule has 0 saturated carbocycles. The van der Waals surface area contributed by atoms with Crippen LogP contribution in [-0.4, -0.2) is 5.21 Å². The lowest BCUT2D eigenvalue weighted by atomic mass is 10.0. The highest BCUT2D eigenvalue weighted by molar-refractivity contribution is 5.60. The molecule has 0 aliphatic carbocycles. The molecule has 0 spiro atoms. The third-order valence-corrected chi connectivity index (χ3v) is 6.50. The molecule has 0 heterocycles. The van der Waals surface area contributed by atoms with Crippen molar-refractivity contribution >= 4 is 11.4 Å². The monoisotopic (exact) mass is 437 g/mol. The summed E-state index contributed by atoms with van der Waals surface area (Å²) in [6.45, 7) is 4.54. The first kappa shape index (κ1) is 26.5. The van der Waals surface area contributed by atoms with E-state index in [-0.39, 0.29) is 0 Å². The fourth-order valence-electron chi connectivity index (χ4n) is 4.33. The van der Waals surface area contributed by atoms with E-state index in [0.29, 0.717) is 0 Å². The number of anilines is 2. The summed E-state index contributed by atoms with van der Waals surface area (Å²) in [5.74, 6) is 0. The maximum absolute atomic E-state index is 10.6. The Hall–Kier alpha value is -1.80. The largest absolute Gasteiger partial charge is 0.284 e. The first-order valence-electron chi connectivity index (χ1n) is 13.4. The Morgan fingerprint density at radius 2 is 0.781 bits per heavy atom. The fraction of sp³-hybridized carbons (Fsp3) is 0.600. The third kappa shape index (κ3) is 10.7. The molecule has 0 aliphatic rings. The van der Waals surface area contributed by atoms with E-state index < -0.39 is 0 Å². The molecule has 0 atom stereocenters. The summed E-state index contributed by atoms with van der Waals surface area (Å²) < 4.78 is 0. The second kappa shape index (κ2) is 16.8. The molecule has 2 aromatic carbocycles. The average Bonchev–Trinajstić information content (AvgIpc) is 2.83. The van der Waals surface area contributed by atoms with Crippen LogP contribution in [0.5, 0.6) is 0 Å². The number of nitrogens with zero attached hydrogens (tertiary/aromatic N) is 1. The number of aryl methyl sites for hydroxylation is 2. The van der Waals surface area contributed by atoms with Crippen LogP contribution in [0.3, 0.4) is 0 Å². The summed E-state index contributed by atoms with van der Waals surface area (Å²) in [5.41, 5.74) is 4.38. The van der Waals surface area contributed by atoms with E-state index in [1.807, 2.05) is 24.3 Å². The molecule has 0 fully saturated rings. The first-order chi connectivity index (χ1) is 15.7. The first-order valence-corrected chi connectivity index (χ1v) is 13.4. The minimum Gasteiger partial charge on any atom is -0.284 e. The Morgan fingerprint density at radius 1 is 0.469 bits per heavy atom. The van der Waals surface area contributed by atoms with Gasteiger partial charge in [0.15, 0.2) is 0 Å². The molecule has 0 aromatic heterocycles. The second-order valence-electron chi connectivity index (χ2n) is 9.39. The summed E-state index contributed by atoms with van der Waals surface area (Å²) in [4.78, 5) is 0. The maximum Gasteiger partial charge on any atom is 0.0693 e. The standard InChI is InChI=1S/C30H47NO/c1-3-5-7-9-11-13-15-17-27-19-23-29(24-20-27)31(32)30-25-21-28(22-26-30)18-16-14-12-10-8-6-4-2/h19-26,32H,3-18H2,1-2H3. The maximum atomic E-state index is 10.6. The van der Waals surface area contributed by atoms with Crippen molar-refractivity contribution in [3.05, 3.63) is 59.7 Å². The van der Waals surface area contributed by atoms with Crippen LogP contribution in [0.1, 0.15) is 115 Å². The Bertz CT molecular complexity index is 630. The Balaban J connectivity index is 1.69. The lowest BCUT2D eigenvalue weighted by Crippen LogP contribution is -2.10. The van der Waals surface area contributed by atoms with Gasteiger partial charge in [-0.15, -0.1) is 0 Å². The summed E-state index contributed by atoms with van der Waals surface area (Å²) in [7, 11) is 0. The van der Waals surface area contributed by atoms with Crippen molar-refractivity contribution in [1.82, 2.24) is 0 Å². The highest BCUT2D eigenvalue weighted by Crippen LogP contribution is 2.25. The van der Waals surface area contributed by atoms with Crippen LogP contribution < -0.4 is 5.06 Å². The van der Waals surface area contributed by atoms with Crippen LogP contribution in [0.15, 0.2) is 48.5 Å². The normalized spacial score (nSPS) is 11.1. The van der Waals surface area contributed by atoms with Crippen molar-refractivity contribution in [2.24, 2.45) is 0 Å². The topological polar surface area (TPSA) is 23.5 Å². The lowest BCUT2D eigenvalue weighted by molar-refractivity contribution is 0.301. The Kier molecular flexibility index (Phi) is 13.9. The Labute approximate surface area is 198 Å². The van der Waals surface area contributed by atoms with Crippen molar-refractivity contribution < 1.29 is 5.21 Å². The number of hydrogen-bond donors (Lipinski definition) is 1. The molecule has 0 bridgehead atoms. The van der Waals surface area contributed by atoms with Gasteiger partial charge in [0.2, 0.25) is 0 Å². The van der Waals surface area contributed by atoms with E-state index in [4.69, 9.17) is 0 Å². The van der Waals surface area contributed by atoms with E-state index in [2.05, 4.69) is 38.1 Å². The summed E-state index contributed by atoms with van der Waals surface area (Å²) >= 11 is 0. The highest BCUT2D eigenvalue weighted by Gasteiger charge is 2.06. The molecule has 0 unspecified atom stereocenters. The molecular formula is C30H47NO. The third-order valence-electron chi connectivity index (χ3n) is 6.50. The minimum atomic E-state index is 0.827. The van der Waals surface area contributed by atoms with Gasteiger partial charge in [0, 0.05) is 0 Å². The highest BCUT2D eigenvalue weighted by atomic mass is 16.5. The number of rotatable bonds is 18. The molecular weight excluding hydrogens is 390 g/mol. The van der Waals surface area contributed by atoms with Gasteiger partial charge in [-0.05, 0) is 61.1 Å². The van der Waals surface area contributed by atoms with Gasteiger partial charge in [-0.1, -0.05) is 115 Å². The van der Waals surface area contributed by atoms with Crippen LogP contribution in [0.25, 0.3) is 0 Å². The quantitative estimate of drug-likeness (QED) is 0.185. The zero-order chi connectivity index (χ0) is 22.9.